The zero-order chi connectivity index (χ0) is 13.6. The van der Waals surface area contributed by atoms with Crippen LogP contribution in [0.3, 0.4) is 0 Å². The molecule has 1 rings (SSSR count). The lowest BCUT2D eigenvalue weighted by Gasteiger charge is -2.35. The van der Waals surface area contributed by atoms with Crippen LogP contribution < -0.4 is 5.32 Å². The second kappa shape index (κ2) is 7.43. The van der Waals surface area contributed by atoms with Crippen LogP contribution in [0.1, 0.15) is 33.1 Å². The summed E-state index contributed by atoms with van der Waals surface area (Å²) in [6, 6.07) is 0.485. The highest BCUT2D eigenvalue weighted by molar-refractivity contribution is 7.89. The van der Waals surface area contributed by atoms with Crippen LogP contribution in [-0.2, 0) is 14.8 Å². The Hall–Kier alpha value is -0.170. The highest BCUT2D eigenvalue weighted by Crippen LogP contribution is 2.20. The summed E-state index contributed by atoms with van der Waals surface area (Å²) in [6.45, 7) is 5.81. The molecule has 0 aromatic heterocycles. The van der Waals surface area contributed by atoms with Crippen LogP contribution in [0.25, 0.3) is 0 Å². The van der Waals surface area contributed by atoms with E-state index < -0.39 is 10.0 Å². The third-order valence-corrected chi connectivity index (χ3v) is 5.12. The van der Waals surface area contributed by atoms with E-state index in [1.165, 1.54) is 7.11 Å². The van der Waals surface area contributed by atoms with Crippen molar-refractivity contribution in [2.75, 3.05) is 32.6 Å². The van der Waals surface area contributed by atoms with E-state index in [1.54, 1.807) is 4.31 Å². The highest BCUT2D eigenvalue weighted by atomic mass is 32.2. The number of hydrogen-bond acceptors (Lipinski definition) is 4. The van der Waals surface area contributed by atoms with E-state index in [9.17, 15) is 8.42 Å². The lowest BCUT2D eigenvalue weighted by atomic mass is 10.0. The third kappa shape index (κ3) is 4.84. The summed E-state index contributed by atoms with van der Waals surface area (Å²) in [5, 5.41) is 3.34. The van der Waals surface area contributed by atoms with Crippen molar-refractivity contribution >= 4 is 10.0 Å². The third-order valence-electron chi connectivity index (χ3n) is 3.24. The Morgan fingerprint density at radius 2 is 2.11 bits per heavy atom. The van der Waals surface area contributed by atoms with Gasteiger partial charge in [0.25, 0.3) is 0 Å². The topological polar surface area (TPSA) is 58.6 Å². The number of nitrogens with one attached hydrogen (secondary N) is 1. The molecule has 1 fully saturated rings. The summed E-state index contributed by atoms with van der Waals surface area (Å²) in [5.74, 6) is 0.0850. The average molecular weight is 278 g/mol. The number of nitrogens with zero attached hydrogens (tertiary/aromatic N) is 1. The summed E-state index contributed by atoms with van der Waals surface area (Å²) >= 11 is 0. The van der Waals surface area contributed by atoms with Crippen molar-refractivity contribution in [2.45, 2.75) is 45.2 Å². The molecule has 1 N–H and O–H groups in total. The summed E-state index contributed by atoms with van der Waals surface area (Å²) < 4.78 is 31.0. The van der Waals surface area contributed by atoms with E-state index in [-0.39, 0.29) is 18.4 Å². The Labute approximate surface area is 111 Å². The number of hydrogen-bond donors (Lipinski definition) is 1. The first-order valence-corrected chi connectivity index (χ1v) is 8.30. The summed E-state index contributed by atoms with van der Waals surface area (Å²) in [6.07, 6.45) is 3.02. The second-order valence-electron chi connectivity index (χ2n) is 5.13. The van der Waals surface area contributed by atoms with E-state index in [2.05, 4.69) is 19.2 Å². The number of methoxy groups -OCH3 is 1. The summed E-state index contributed by atoms with van der Waals surface area (Å²) in [4.78, 5) is 0. The monoisotopic (exact) mass is 278 g/mol. The normalized spacial score (nSPS) is 22.6. The maximum Gasteiger partial charge on any atom is 0.216 e. The van der Waals surface area contributed by atoms with Crippen LogP contribution in [0.5, 0.6) is 0 Å². The Bertz CT molecular complexity index is 330. The molecule has 5 nitrogen and oxygen atoms in total. The molecule has 1 aliphatic rings. The Kier molecular flexibility index (Phi) is 6.55. The van der Waals surface area contributed by atoms with E-state index >= 15 is 0 Å². The minimum absolute atomic E-state index is 0.0850. The van der Waals surface area contributed by atoms with Gasteiger partial charge in [0.15, 0.2) is 0 Å². The lowest BCUT2D eigenvalue weighted by molar-refractivity contribution is 0.208. The fraction of sp³-hybridized carbons (Fsp3) is 1.00. The van der Waals surface area contributed by atoms with Crippen LogP contribution in [-0.4, -0.2) is 57.4 Å². The molecule has 0 amide bonds. The summed E-state index contributed by atoms with van der Waals surface area (Å²) in [7, 11) is -1.64. The molecular formula is C12H26N2O3S. The predicted molar refractivity (Wildman–Crippen MR) is 73.1 cm³/mol. The molecule has 1 aliphatic heterocycles. The predicted octanol–water partition coefficient (Wildman–Crippen LogP) is 0.815. The van der Waals surface area contributed by atoms with Crippen molar-refractivity contribution in [1.29, 1.82) is 0 Å². The van der Waals surface area contributed by atoms with Crippen molar-refractivity contribution < 1.29 is 13.2 Å². The number of rotatable bonds is 7. The van der Waals surface area contributed by atoms with Gasteiger partial charge in [-0.3, -0.25) is 0 Å². The second-order valence-corrected chi connectivity index (χ2v) is 7.17. The molecule has 1 heterocycles. The fourth-order valence-corrected chi connectivity index (χ4v) is 3.88. The molecule has 0 saturated carbocycles. The molecule has 108 valence electrons. The standard InChI is InChI=1S/C12H26N2O3S/c1-11(2)13-10-12-6-4-5-7-14(12)18(15,16)9-8-17-3/h11-13H,4-10H2,1-3H3. The molecular weight excluding hydrogens is 252 g/mol. The van der Waals surface area contributed by atoms with Crippen LogP contribution in [0, 0.1) is 0 Å². The number of ether oxygens (including phenoxy) is 1. The van der Waals surface area contributed by atoms with Gasteiger partial charge in [0.1, 0.15) is 0 Å². The van der Waals surface area contributed by atoms with Gasteiger partial charge in [0, 0.05) is 32.3 Å². The van der Waals surface area contributed by atoms with Crippen molar-refractivity contribution in [1.82, 2.24) is 9.62 Å². The quantitative estimate of drug-likeness (QED) is 0.749. The van der Waals surface area contributed by atoms with E-state index in [4.69, 9.17) is 4.74 Å². The van der Waals surface area contributed by atoms with Gasteiger partial charge >= 0.3 is 0 Å². The molecule has 18 heavy (non-hydrogen) atoms. The van der Waals surface area contributed by atoms with Crippen LogP contribution in [0.15, 0.2) is 0 Å². The van der Waals surface area contributed by atoms with Gasteiger partial charge in [0.2, 0.25) is 10.0 Å². The summed E-state index contributed by atoms with van der Waals surface area (Å²) in [5.41, 5.74) is 0. The molecule has 1 unspecified atom stereocenters. The van der Waals surface area contributed by atoms with E-state index in [0.29, 0.717) is 12.6 Å². The van der Waals surface area contributed by atoms with Gasteiger partial charge in [-0.1, -0.05) is 20.3 Å². The molecule has 0 aromatic rings. The van der Waals surface area contributed by atoms with Gasteiger partial charge in [-0.15, -0.1) is 0 Å². The largest absolute Gasteiger partial charge is 0.384 e. The minimum atomic E-state index is -3.17. The van der Waals surface area contributed by atoms with Gasteiger partial charge in [-0.2, -0.15) is 4.31 Å². The first kappa shape index (κ1) is 15.9. The van der Waals surface area contributed by atoms with Crippen molar-refractivity contribution in [3.05, 3.63) is 0 Å². The molecule has 0 aromatic carbocycles. The Balaban J connectivity index is 2.63. The van der Waals surface area contributed by atoms with Crippen molar-refractivity contribution in [3.63, 3.8) is 0 Å². The molecule has 0 aliphatic carbocycles. The van der Waals surface area contributed by atoms with E-state index in [1.807, 2.05) is 0 Å². The molecule has 0 radical (unpaired) electrons. The Morgan fingerprint density at radius 3 is 2.72 bits per heavy atom. The molecule has 0 bridgehead atoms. The highest BCUT2D eigenvalue weighted by Gasteiger charge is 2.31. The molecule has 1 saturated heterocycles. The number of piperidine rings is 1. The van der Waals surface area contributed by atoms with Crippen LogP contribution >= 0.6 is 0 Å². The van der Waals surface area contributed by atoms with Gasteiger partial charge in [-0.05, 0) is 12.8 Å². The van der Waals surface area contributed by atoms with Crippen molar-refractivity contribution in [2.24, 2.45) is 0 Å². The SMILES string of the molecule is COCCS(=O)(=O)N1CCCCC1CNC(C)C. The zero-order valence-corrected chi connectivity index (χ0v) is 12.5. The first-order valence-electron chi connectivity index (χ1n) is 6.69. The van der Waals surface area contributed by atoms with Crippen molar-refractivity contribution in [3.8, 4) is 0 Å². The van der Waals surface area contributed by atoms with Gasteiger partial charge < -0.3 is 10.1 Å². The molecule has 1 atom stereocenters. The zero-order valence-electron chi connectivity index (χ0n) is 11.7. The maximum atomic E-state index is 12.2. The average Bonchev–Trinajstić information content (AvgIpc) is 2.34. The maximum absolute atomic E-state index is 12.2. The smallest absolute Gasteiger partial charge is 0.216 e. The molecule has 0 spiro atoms. The van der Waals surface area contributed by atoms with Gasteiger partial charge in [-0.25, -0.2) is 8.42 Å². The van der Waals surface area contributed by atoms with Crippen LogP contribution in [0.2, 0.25) is 0 Å². The van der Waals surface area contributed by atoms with Gasteiger partial charge in [0.05, 0.1) is 12.4 Å². The Morgan fingerprint density at radius 1 is 1.39 bits per heavy atom. The minimum Gasteiger partial charge on any atom is -0.384 e. The molecule has 6 heteroatoms. The number of sulfonamides is 1. The fourth-order valence-electron chi connectivity index (χ4n) is 2.22. The van der Waals surface area contributed by atoms with E-state index in [0.717, 1.165) is 25.8 Å². The first-order chi connectivity index (χ1) is 8.47. The lowest BCUT2D eigenvalue weighted by Crippen LogP contribution is -2.50. The van der Waals surface area contributed by atoms with Crippen LogP contribution in [0.4, 0.5) is 0 Å².